The second-order valence-electron chi connectivity index (χ2n) is 7.94. The molecule has 1 heterocycles. The quantitative estimate of drug-likeness (QED) is 0.282. The zero-order valence-electron chi connectivity index (χ0n) is 18.5. The van der Waals surface area contributed by atoms with Gasteiger partial charge in [0.25, 0.3) is 0 Å². The third-order valence-corrected chi connectivity index (χ3v) is 7.50. The lowest BCUT2D eigenvalue weighted by molar-refractivity contribution is -0.121. The summed E-state index contributed by atoms with van der Waals surface area (Å²) in [7, 11) is 6.04. The third kappa shape index (κ3) is 6.19. The molecule has 1 atom stereocenters. The van der Waals surface area contributed by atoms with Gasteiger partial charge in [0.2, 0.25) is 5.91 Å². The van der Waals surface area contributed by atoms with Gasteiger partial charge in [-0.1, -0.05) is 40.2 Å². The maximum Gasteiger partial charge on any atom is 0.247 e. The molecule has 3 rings (SSSR count). The Balaban J connectivity index is 0.00000341. The van der Waals surface area contributed by atoms with Crippen LogP contribution in [-0.2, 0) is 9.54 Å². The summed E-state index contributed by atoms with van der Waals surface area (Å²) in [6.45, 7) is 1.67. The molecule has 31 heavy (non-hydrogen) atoms. The normalized spacial score (nSPS) is 18.0. The van der Waals surface area contributed by atoms with E-state index in [4.69, 9.17) is 4.74 Å². The zero-order chi connectivity index (χ0) is 21.6. The molecule has 0 saturated carbocycles. The Hall–Kier alpha value is -1.21. The Bertz CT molecular complexity index is 850. The van der Waals surface area contributed by atoms with Crippen LogP contribution >= 0.6 is 40.1 Å². The van der Waals surface area contributed by atoms with Crippen LogP contribution in [0, 0.1) is 0 Å². The predicted molar refractivity (Wildman–Crippen MR) is 137 cm³/mol. The minimum Gasteiger partial charge on any atom is -0.494 e. The first-order valence-corrected chi connectivity index (χ1v) is 12.4. The summed E-state index contributed by atoms with van der Waals surface area (Å²) in [5.41, 5.74) is 2.04. The van der Waals surface area contributed by atoms with E-state index in [1.807, 2.05) is 42.3 Å². The average Bonchev–Trinajstić information content (AvgIpc) is 2.75. The van der Waals surface area contributed by atoms with E-state index in [9.17, 15) is 4.79 Å². The van der Waals surface area contributed by atoms with Gasteiger partial charge in [-0.3, -0.25) is 4.79 Å². The summed E-state index contributed by atoms with van der Waals surface area (Å²) in [5, 5.41) is 0.999. The SMILES string of the molecule is CN(C)CCCC1(c2ccc(OCCCCBr)cc2)Sc2ccccc2N(C)C1=O.Cl. The van der Waals surface area contributed by atoms with Crippen LogP contribution in [0.3, 0.4) is 0 Å². The molecule has 2 aromatic rings. The van der Waals surface area contributed by atoms with Crippen molar-refractivity contribution >= 4 is 51.7 Å². The molecule has 2 aromatic carbocycles. The van der Waals surface area contributed by atoms with E-state index in [0.29, 0.717) is 6.61 Å². The molecule has 0 radical (unpaired) electrons. The molecular formula is C24H32BrClN2O2S. The van der Waals surface area contributed by atoms with Crippen LogP contribution in [-0.4, -0.2) is 50.4 Å². The second-order valence-corrected chi connectivity index (χ2v) is 10.1. The molecular weight excluding hydrogens is 496 g/mol. The van der Waals surface area contributed by atoms with E-state index in [1.54, 1.807) is 11.8 Å². The Morgan fingerprint density at radius 3 is 2.45 bits per heavy atom. The Morgan fingerprint density at radius 2 is 1.77 bits per heavy atom. The summed E-state index contributed by atoms with van der Waals surface area (Å²) in [5.74, 6) is 1.01. The number of para-hydroxylation sites is 1. The molecule has 0 N–H and O–H groups in total. The lowest BCUT2D eigenvalue weighted by Crippen LogP contribution is -2.46. The van der Waals surface area contributed by atoms with Gasteiger partial charge in [0.1, 0.15) is 10.5 Å². The number of unbranched alkanes of at least 4 members (excludes halogenated alkanes) is 1. The fourth-order valence-electron chi connectivity index (χ4n) is 3.77. The van der Waals surface area contributed by atoms with E-state index in [-0.39, 0.29) is 18.3 Å². The van der Waals surface area contributed by atoms with Crippen molar-refractivity contribution in [3.05, 3.63) is 54.1 Å². The van der Waals surface area contributed by atoms with Gasteiger partial charge < -0.3 is 14.5 Å². The lowest BCUT2D eigenvalue weighted by atomic mass is 9.90. The maximum absolute atomic E-state index is 13.7. The molecule has 170 valence electrons. The van der Waals surface area contributed by atoms with Gasteiger partial charge in [0.05, 0.1) is 12.3 Å². The number of ether oxygens (including phenoxy) is 1. The average molecular weight is 528 g/mol. The first kappa shape index (κ1) is 26.0. The molecule has 0 bridgehead atoms. The van der Waals surface area contributed by atoms with Crippen LogP contribution in [0.4, 0.5) is 5.69 Å². The van der Waals surface area contributed by atoms with Gasteiger partial charge in [-0.15, -0.1) is 24.2 Å². The van der Waals surface area contributed by atoms with Gasteiger partial charge in [0, 0.05) is 17.3 Å². The topological polar surface area (TPSA) is 32.8 Å². The molecule has 1 amide bonds. The van der Waals surface area contributed by atoms with Crippen molar-refractivity contribution in [2.75, 3.05) is 44.5 Å². The maximum atomic E-state index is 13.7. The van der Waals surface area contributed by atoms with Crippen molar-refractivity contribution < 1.29 is 9.53 Å². The van der Waals surface area contributed by atoms with E-state index < -0.39 is 4.75 Å². The Kier molecular flexibility index (Phi) is 10.2. The number of carbonyl (C=O) groups excluding carboxylic acids is 1. The molecule has 0 aliphatic carbocycles. The number of thioether (sulfide) groups is 1. The van der Waals surface area contributed by atoms with Crippen molar-refractivity contribution in [2.45, 2.75) is 35.3 Å². The number of halogens is 2. The van der Waals surface area contributed by atoms with Gasteiger partial charge >= 0.3 is 0 Å². The van der Waals surface area contributed by atoms with Crippen LogP contribution in [0.5, 0.6) is 5.75 Å². The highest BCUT2D eigenvalue weighted by molar-refractivity contribution is 9.09. The van der Waals surface area contributed by atoms with E-state index in [1.165, 1.54) is 0 Å². The van der Waals surface area contributed by atoms with Crippen molar-refractivity contribution in [3.63, 3.8) is 0 Å². The number of hydrogen-bond donors (Lipinski definition) is 0. The number of hydrogen-bond acceptors (Lipinski definition) is 4. The molecule has 0 fully saturated rings. The fourth-order valence-corrected chi connectivity index (χ4v) is 5.72. The number of nitrogens with zero attached hydrogens (tertiary/aromatic N) is 2. The largest absolute Gasteiger partial charge is 0.494 e. The summed E-state index contributed by atoms with van der Waals surface area (Å²) in [6, 6.07) is 16.3. The molecule has 1 aliphatic rings. The Morgan fingerprint density at radius 1 is 1.06 bits per heavy atom. The van der Waals surface area contributed by atoms with Gasteiger partial charge in [0.15, 0.2) is 0 Å². The smallest absolute Gasteiger partial charge is 0.247 e. The van der Waals surface area contributed by atoms with Crippen LogP contribution in [0.15, 0.2) is 53.4 Å². The van der Waals surface area contributed by atoms with Crippen molar-refractivity contribution in [1.82, 2.24) is 4.90 Å². The number of benzene rings is 2. The number of amides is 1. The van der Waals surface area contributed by atoms with E-state index in [0.717, 1.165) is 59.5 Å². The minimum absolute atomic E-state index is 0. The Labute approximate surface area is 205 Å². The molecule has 4 nitrogen and oxygen atoms in total. The predicted octanol–water partition coefficient (Wildman–Crippen LogP) is 5.97. The highest BCUT2D eigenvalue weighted by Crippen LogP contribution is 2.53. The lowest BCUT2D eigenvalue weighted by Gasteiger charge is -2.41. The van der Waals surface area contributed by atoms with E-state index in [2.05, 4.69) is 53.1 Å². The first-order valence-electron chi connectivity index (χ1n) is 10.5. The molecule has 0 spiro atoms. The van der Waals surface area contributed by atoms with Gasteiger partial charge in [-0.05, 0) is 76.2 Å². The molecule has 0 aromatic heterocycles. The molecule has 1 aliphatic heterocycles. The molecule has 1 unspecified atom stereocenters. The van der Waals surface area contributed by atoms with Crippen LogP contribution in [0.1, 0.15) is 31.2 Å². The summed E-state index contributed by atoms with van der Waals surface area (Å²) in [4.78, 5) is 18.8. The second kappa shape index (κ2) is 12.1. The van der Waals surface area contributed by atoms with Crippen molar-refractivity contribution in [2.24, 2.45) is 0 Å². The number of rotatable bonds is 10. The summed E-state index contributed by atoms with van der Waals surface area (Å²) < 4.78 is 5.25. The molecule has 0 saturated heterocycles. The monoisotopic (exact) mass is 526 g/mol. The van der Waals surface area contributed by atoms with Crippen LogP contribution in [0.25, 0.3) is 0 Å². The number of fused-ring (bicyclic) bond motifs is 1. The van der Waals surface area contributed by atoms with Crippen LogP contribution < -0.4 is 9.64 Å². The number of likely N-dealkylation sites (N-methyl/N-ethyl adjacent to an activating group) is 1. The number of carbonyl (C=O) groups is 1. The third-order valence-electron chi connectivity index (χ3n) is 5.41. The highest BCUT2D eigenvalue weighted by atomic mass is 79.9. The molecule has 7 heteroatoms. The minimum atomic E-state index is -0.617. The van der Waals surface area contributed by atoms with Crippen LogP contribution in [0.2, 0.25) is 0 Å². The van der Waals surface area contributed by atoms with Gasteiger partial charge in [-0.25, -0.2) is 0 Å². The number of anilines is 1. The standard InChI is InChI=1S/C24H31BrN2O2S.ClH/c1-26(2)17-8-15-24(19-11-13-20(14-12-19)29-18-7-6-16-25)23(28)27(3)21-9-4-5-10-22(21)30-24;/h4-5,9-14H,6-8,15-18H2,1-3H3;1H. The van der Waals surface area contributed by atoms with Crippen molar-refractivity contribution in [3.8, 4) is 5.75 Å². The summed E-state index contributed by atoms with van der Waals surface area (Å²) in [6.07, 6.45) is 3.87. The van der Waals surface area contributed by atoms with Gasteiger partial charge in [-0.2, -0.15) is 0 Å². The number of alkyl halides is 1. The van der Waals surface area contributed by atoms with E-state index >= 15 is 0 Å². The summed E-state index contributed by atoms with van der Waals surface area (Å²) >= 11 is 5.15. The zero-order valence-corrected chi connectivity index (χ0v) is 21.7. The fraction of sp³-hybridized carbons (Fsp3) is 0.458. The van der Waals surface area contributed by atoms with Crippen molar-refractivity contribution in [1.29, 1.82) is 0 Å². The highest BCUT2D eigenvalue weighted by Gasteiger charge is 2.46. The first-order chi connectivity index (χ1) is 14.5.